The second-order valence-electron chi connectivity index (χ2n) is 6.25. The monoisotopic (exact) mass is 328 g/mol. The van der Waals surface area contributed by atoms with Crippen LogP contribution in [0.3, 0.4) is 0 Å². The van der Waals surface area contributed by atoms with Crippen LogP contribution in [0.1, 0.15) is 29.4 Å². The molecule has 2 heterocycles. The Bertz CT molecular complexity index is 705. The van der Waals surface area contributed by atoms with Crippen molar-refractivity contribution in [1.29, 1.82) is 0 Å². The molecular formula is C19H24N2O3. The highest BCUT2D eigenvalue weighted by Crippen LogP contribution is 2.34. The summed E-state index contributed by atoms with van der Waals surface area (Å²) < 4.78 is 10.7. The van der Waals surface area contributed by atoms with E-state index in [1.807, 2.05) is 37.3 Å². The molecule has 0 unspecified atom stereocenters. The summed E-state index contributed by atoms with van der Waals surface area (Å²) in [6.07, 6.45) is 0.392. The van der Waals surface area contributed by atoms with Gasteiger partial charge in [0.15, 0.2) is 0 Å². The van der Waals surface area contributed by atoms with E-state index in [2.05, 4.69) is 16.0 Å². The number of aliphatic hydroxyl groups excluding tert-OH is 1. The molecule has 0 saturated carbocycles. The number of pyridine rings is 1. The topological polar surface area (TPSA) is 54.8 Å². The molecule has 1 aromatic heterocycles. The molecule has 2 aromatic rings. The van der Waals surface area contributed by atoms with Crippen molar-refractivity contribution in [2.24, 2.45) is 0 Å². The third-order valence-electron chi connectivity index (χ3n) is 4.44. The summed E-state index contributed by atoms with van der Waals surface area (Å²) in [5.74, 6) is 1.65. The van der Waals surface area contributed by atoms with E-state index in [-0.39, 0.29) is 12.1 Å². The molecule has 1 aliphatic rings. The van der Waals surface area contributed by atoms with Gasteiger partial charge in [-0.25, -0.2) is 0 Å². The Morgan fingerprint density at radius 3 is 2.71 bits per heavy atom. The zero-order chi connectivity index (χ0) is 17.1. The number of hydrogen-bond acceptors (Lipinski definition) is 5. The van der Waals surface area contributed by atoms with Crippen molar-refractivity contribution in [3.63, 3.8) is 0 Å². The van der Waals surface area contributed by atoms with E-state index in [1.165, 1.54) is 0 Å². The number of aryl methyl sites for hydroxylation is 1. The number of aliphatic hydroxyl groups is 1. The molecule has 1 fully saturated rings. The molecule has 5 nitrogen and oxygen atoms in total. The molecule has 5 heteroatoms. The van der Waals surface area contributed by atoms with Gasteiger partial charge in [-0.2, -0.15) is 0 Å². The van der Waals surface area contributed by atoms with E-state index in [4.69, 9.17) is 9.47 Å². The zero-order valence-corrected chi connectivity index (χ0v) is 14.4. The quantitative estimate of drug-likeness (QED) is 0.914. The Balaban J connectivity index is 1.84. The molecule has 24 heavy (non-hydrogen) atoms. The Morgan fingerprint density at radius 2 is 1.96 bits per heavy atom. The largest absolute Gasteiger partial charge is 0.497 e. The van der Waals surface area contributed by atoms with E-state index in [0.29, 0.717) is 13.1 Å². The SMILES string of the molecule is COc1cccc([C@H]2C[C@H](O)CN2Cc2cc(OC)cc(C)n2)c1. The second-order valence-corrected chi connectivity index (χ2v) is 6.25. The maximum Gasteiger partial charge on any atom is 0.122 e. The summed E-state index contributed by atoms with van der Waals surface area (Å²) in [5.41, 5.74) is 3.04. The molecule has 1 N–H and O–H groups in total. The Kier molecular flexibility index (Phi) is 5.02. The van der Waals surface area contributed by atoms with Crippen molar-refractivity contribution in [3.8, 4) is 11.5 Å². The molecular weight excluding hydrogens is 304 g/mol. The lowest BCUT2D eigenvalue weighted by Crippen LogP contribution is -2.25. The lowest BCUT2D eigenvalue weighted by molar-refractivity contribution is 0.172. The fraction of sp³-hybridized carbons (Fsp3) is 0.421. The van der Waals surface area contributed by atoms with E-state index >= 15 is 0 Å². The molecule has 3 rings (SSSR count). The molecule has 2 atom stereocenters. The van der Waals surface area contributed by atoms with Crippen molar-refractivity contribution >= 4 is 0 Å². The van der Waals surface area contributed by atoms with Crippen molar-refractivity contribution in [2.45, 2.75) is 32.0 Å². The standard InChI is InChI=1S/C19H24N2O3/c1-13-7-18(24-3)9-15(20-13)11-21-12-16(22)10-19(21)14-5-4-6-17(8-14)23-2/h4-9,16,19,22H,10-12H2,1-3H3/t16-,19+/m0/s1. The number of benzene rings is 1. The van der Waals surface area contributed by atoms with E-state index < -0.39 is 0 Å². The van der Waals surface area contributed by atoms with Gasteiger partial charge in [-0.3, -0.25) is 9.88 Å². The van der Waals surface area contributed by atoms with Crippen LogP contribution in [0.5, 0.6) is 11.5 Å². The third kappa shape index (κ3) is 3.68. The first kappa shape index (κ1) is 16.7. The Labute approximate surface area is 142 Å². The number of β-amino-alcohol motifs (C(OH)–C–C–N with tert-alkyl or cyclic N) is 1. The molecule has 0 spiro atoms. The number of likely N-dealkylation sites (tertiary alicyclic amines) is 1. The number of methoxy groups -OCH3 is 2. The highest BCUT2D eigenvalue weighted by Gasteiger charge is 2.32. The van der Waals surface area contributed by atoms with E-state index in [9.17, 15) is 5.11 Å². The highest BCUT2D eigenvalue weighted by molar-refractivity contribution is 5.32. The Hall–Kier alpha value is -2.11. The minimum absolute atomic E-state index is 0.156. The van der Waals surface area contributed by atoms with Gasteiger partial charge in [0, 0.05) is 37.0 Å². The summed E-state index contributed by atoms with van der Waals surface area (Å²) in [5, 5.41) is 10.2. The lowest BCUT2D eigenvalue weighted by atomic mass is 10.0. The maximum absolute atomic E-state index is 10.2. The molecule has 0 bridgehead atoms. The van der Waals surface area contributed by atoms with Gasteiger partial charge in [0.2, 0.25) is 0 Å². The fourth-order valence-electron chi connectivity index (χ4n) is 3.36. The van der Waals surface area contributed by atoms with Crippen LogP contribution >= 0.6 is 0 Å². The summed E-state index contributed by atoms with van der Waals surface area (Å²) in [4.78, 5) is 6.87. The minimum Gasteiger partial charge on any atom is -0.497 e. The minimum atomic E-state index is -0.326. The number of aromatic nitrogens is 1. The molecule has 0 amide bonds. The molecule has 128 valence electrons. The maximum atomic E-state index is 10.2. The summed E-state index contributed by atoms with van der Waals surface area (Å²) >= 11 is 0. The van der Waals surface area contributed by atoms with Gasteiger partial charge < -0.3 is 14.6 Å². The lowest BCUT2D eigenvalue weighted by Gasteiger charge is -2.24. The molecule has 0 radical (unpaired) electrons. The molecule has 0 aliphatic carbocycles. The van der Waals surface area contributed by atoms with Crippen LogP contribution in [0.15, 0.2) is 36.4 Å². The highest BCUT2D eigenvalue weighted by atomic mass is 16.5. The average Bonchev–Trinajstić information content (AvgIpc) is 2.94. The van der Waals surface area contributed by atoms with Gasteiger partial charge in [-0.1, -0.05) is 12.1 Å². The smallest absolute Gasteiger partial charge is 0.122 e. The van der Waals surface area contributed by atoms with Gasteiger partial charge in [0.1, 0.15) is 11.5 Å². The first-order valence-electron chi connectivity index (χ1n) is 8.16. The van der Waals surface area contributed by atoms with Gasteiger partial charge in [-0.05, 0) is 31.0 Å². The Morgan fingerprint density at radius 1 is 1.17 bits per heavy atom. The average molecular weight is 328 g/mol. The van der Waals surface area contributed by atoms with Gasteiger partial charge in [-0.15, -0.1) is 0 Å². The number of rotatable bonds is 5. The summed E-state index contributed by atoms with van der Waals surface area (Å²) in [7, 11) is 3.33. The van der Waals surface area contributed by atoms with Crippen molar-refractivity contribution in [1.82, 2.24) is 9.88 Å². The molecule has 1 saturated heterocycles. The van der Waals surface area contributed by atoms with Gasteiger partial charge in [0.05, 0.1) is 26.0 Å². The first-order chi connectivity index (χ1) is 11.6. The third-order valence-corrected chi connectivity index (χ3v) is 4.44. The predicted molar refractivity (Wildman–Crippen MR) is 92.3 cm³/mol. The zero-order valence-electron chi connectivity index (χ0n) is 14.4. The number of ether oxygens (including phenoxy) is 2. The van der Waals surface area contributed by atoms with Crippen LogP contribution in [0.2, 0.25) is 0 Å². The first-order valence-corrected chi connectivity index (χ1v) is 8.16. The molecule has 1 aliphatic heterocycles. The van der Waals surface area contributed by atoms with Crippen LogP contribution in [0.25, 0.3) is 0 Å². The van der Waals surface area contributed by atoms with Crippen LogP contribution in [0, 0.1) is 6.92 Å². The van der Waals surface area contributed by atoms with Gasteiger partial charge in [0.25, 0.3) is 0 Å². The van der Waals surface area contributed by atoms with E-state index in [1.54, 1.807) is 14.2 Å². The second kappa shape index (κ2) is 7.20. The number of hydrogen-bond donors (Lipinski definition) is 1. The van der Waals surface area contributed by atoms with Gasteiger partial charge >= 0.3 is 0 Å². The van der Waals surface area contributed by atoms with Crippen molar-refractivity contribution < 1.29 is 14.6 Å². The van der Waals surface area contributed by atoms with Crippen molar-refractivity contribution in [2.75, 3.05) is 20.8 Å². The van der Waals surface area contributed by atoms with Crippen LogP contribution in [-0.4, -0.2) is 41.9 Å². The van der Waals surface area contributed by atoms with E-state index in [0.717, 1.165) is 34.9 Å². The summed E-state index contributed by atoms with van der Waals surface area (Å²) in [6, 6.07) is 12.1. The summed E-state index contributed by atoms with van der Waals surface area (Å²) in [6.45, 7) is 3.28. The van der Waals surface area contributed by atoms with Crippen LogP contribution < -0.4 is 9.47 Å². The van der Waals surface area contributed by atoms with Crippen LogP contribution in [0.4, 0.5) is 0 Å². The predicted octanol–water partition coefficient (Wildman–Crippen LogP) is 2.72. The normalized spacial score (nSPS) is 21.0. The van der Waals surface area contributed by atoms with Crippen LogP contribution in [-0.2, 0) is 6.54 Å². The number of nitrogens with zero attached hydrogens (tertiary/aromatic N) is 2. The fourth-order valence-corrected chi connectivity index (χ4v) is 3.36. The molecule has 1 aromatic carbocycles. The van der Waals surface area contributed by atoms with Crippen molar-refractivity contribution in [3.05, 3.63) is 53.3 Å².